The Morgan fingerprint density at radius 2 is 2.04 bits per heavy atom. The molecule has 0 aliphatic rings. The molecule has 0 saturated heterocycles. The molecule has 1 atom stereocenters. The Balaban J connectivity index is 1.73. The lowest BCUT2D eigenvalue weighted by molar-refractivity contribution is 0.0947. The van der Waals surface area contributed by atoms with Crippen LogP contribution in [0.15, 0.2) is 36.5 Å². The normalized spacial score (nSPS) is 12.3. The number of benzene rings is 1. The van der Waals surface area contributed by atoms with Gasteiger partial charge in [0.1, 0.15) is 23.0 Å². The number of fused-ring (bicyclic) bond motifs is 1. The smallest absolute Gasteiger partial charge is 0.270 e. The van der Waals surface area contributed by atoms with Gasteiger partial charge in [-0.3, -0.25) is 4.79 Å². The number of H-pyrrole nitrogens is 1. The van der Waals surface area contributed by atoms with E-state index in [1.54, 1.807) is 31.3 Å². The zero-order chi connectivity index (χ0) is 16.4. The second kappa shape index (κ2) is 6.13. The van der Waals surface area contributed by atoms with Gasteiger partial charge >= 0.3 is 0 Å². The number of aromatic amines is 1. The molecule has 0 radical (unpaired) electrons. The molecule has 118 valence electrons. The summed E-state index contributed by atoms with van der Waals surface area (Å²) in [6, 6.07) is 7.21. The van der Waals surface area contributed by atoms with Gasteiger partial charge in [0, 0.05) is 18.8 Å². The van der Waals surface area contributed by atoms with Crippen LogP contribution < -0.4 is 11.1 Å². The highest BCUT2D eigenvalue weighted by Crippen LogP contribution is 2.15. The van der Waals surface area contributed by atoms with E-state index in [1.807, 2.05) is 0 Å². The summed E-state index contributed by atoms with van der Waals surface area (Å²) in [6.45, 7) is 1.95. The molecule has 4 N–H and O–H groups in total. The Morgan fingerprint density at radius 3 is 2.78 bits per heavy atom. The van der Waals surface area contributed by atoms with E-state index in [4.69, 9.17) is 5.73 Å². The molecule has 2 aromatic heterocycles. The first-order valence-electron chi connectivity index (χ1n) is 7.15. The number of nitrogens with two attached hydrogens (primary N) is 1. The van der Waals surface area contributed by atoms with Crippen molar-refractivity contribution in [3.8, 4) is 0 Å². The fourth-order valence-corrected chi connectivity index (χ4v) is 2.34. The third kappa shape index (κ3) is 3.19. The first kappa shape index (κ1) is 15.1. The first-order valence-corrected chi connectivity index (χ1v) is 7.15. The fraction of sp³-hybridized carbons (Fsp3) is 0.188. The summed E-state index contributed by atoms with van der Waals surface area (Å²) in [5.41, 5.74) is 7.69. The third-order valence-electron chi connectivity index (χ3n) is 3.52. The van der Waals surface area contributed by atoms with E-state index < -0.39 is 6.04 Å². The van der Waals surface area contributed by atoms with Crippen molar-refractivity contribution in [2.24, 2.45) is 5.73 Å². The maximum absolute atomic E-state index is 12.9. The number of aromatic nitrogens is 3. The average Bonchev–Trinajstić information content (AvgIpc) is 3.00. The third-order valence-corrected chi connectivity index (χ3v) is 3.52. The van der Waals surface area contributed by atoms with Gasteiger partial charge in [-0.05, 0) is 30.7 Å². The van der Waals surface area contributed by atoms with Gasteiger partial charge in [0.2, 0.25) is 0 Å². The molecule has 1 unspecified atom stereocenters. The lowest BCUT2D eigenvalue weighted by Gasteiger charge is -2.13. The van der Waals surface area contributed by atoms with Crippen molar-refractivity contribution >= 4 is 16.9 Å². The van der Waals surface area contributed by atoms with Crippen molar-refractivity contribution in [2.75, 3.05) is 6.54 Å². The SMILES string of the molecule is Cc1nc(C(=O)NCC(N)c2ccc(F)cc2)c2cc[nH]c2n1. The molecule has 2 heterocycles. The molecule has 3 rings (SSSR count). The molecule has 0 aliphatic heterocycles. The lowest BCUT2D eigenvalue weighted by atomic mass is 10.1. The minimum absolute atomic E-state index is 0.222. The molecule has 23 heavy (non-hydrogen) atoms. The van der Waals surface area contributed by atoms with Gasteiger partial charge in [0.25, 0.3) is 5.91 Å². The van der Waals surface area contributed by atoms with Gasteiger partial charge in [0.15, 0.2) is 0 Å². The summed E-state index contributed by atoms with van der Waals surface area (Å²) in [7, 11) is 0. The number of nitrogens with zero attached hydrogens (tertiary/aromatic N) is 2. The van der Waals surface area contributed by atoms with Crippen LogP contribution in [0.3, 0.4) is 0 Å². The van der Waals surface area contributed by atoms with E-state index in [0.717, 1.165) is 5.56 Å². The molecule has 0 aliphatic carbocycles. The van der Waals surface area contributed by atoms with Crippen molar-refractivity contribution in [1.29, 1.82) is 0 Å². The van der Waals surface area contributed by atoms with Gasteiger partial charge in [-0.25, -0.2) is 14.4 Å². The Kier molecular flexibility index (Phi) is 4.03. The minimum Gasteiger partial charge on any atom is -0.349 e. The quantitative estimate of drug-likeness (QED) is 0.684. The van der Waals surface area contributed by atoms with Crippen LogP contribution in [0.1, 0.15) is 27.9 Å². The largest absolute Gasteiger partial charge is 0.349 e. The predicted octanol–water partition coefficient (Wildman–Crippen LogP) is 1.84. The number of carbonyl (C=O) groups is 1. The molecule has 6 nitrogen and oxygen atoms in total. The number of hydrogen-bond donors (Lipinski definition) is 3. The summed E-state index contributed by atoms with van der Waals surface area (Å²) in [5, 5.41) is 3.42. The van der Waals surface area contributed by atoms with E-state index in [0.29, 0.717) is 22.6 Å². The van der Waals surface area contributed by atoms with Crippen molar-refractivity contribution in [3.63, 3.8) is 0 Å². The highest BCUT2D eigenvalue weighted by atomic mass is 19.1. The van der Waals surface area contributed by atoms with Gasteiger partial charge < -0.3 is 16.0 Å². The van der Waals surface area contributed by atoms with Crippen LogP contribution in [-0.2, 0) is 0 Å². The highest BCUT2D eigenvalue weighted by molar-refractivity contribution is 6.03. The van der Waals surface area contributed by atoms with Gasteiger partial charge in [-0.1, -0.05) is 12.1 Å². The maximum Gasteiger partial charge on any atom is 0.270 e. The highest BCUT2D eigenvalue weighted by Gasteiger charge is 2.16. The molecule has 0 bridgehead atoms. The molecular weight excluding hydrogens is 297 g/mol. The number of aryl methyl sites for hydroxylation is 1. The maximum atomic E-state index is 12.9. The van der Waals surface area contributed by atoms with E-state index in [9.17, 15) is 9.18 Å². The zero-order valence-corrected chi connectivity index (χ0v) is 12.5. The number of rotatable bonds is 4. The first-order chi connectivity index (χ1) is 11.0. The topological polar surface area (TPSA) is 96.7 Å². The van der Waals surface area contributed by atoms with Crippen molar-refractivity contribution in [1.82, 2.24) is 20.3 Å². The van der Waals surface area contributed by atoms with Gasteiger partial charge in [-0.2, -0.15) is 0 Å². The molecule has 1 aromatic carbocycles. The lowest BCUT2D eigenvalue weighted by Crippen LogP contribution is -2.32. The van der Waals surface area contributed by atoms with E-state index in [-0.39, 0.29) is 18.3 Å². The van der Waals surface area contributed by atoms with Crippen LogP contribution in [0.4, 0.5) is 4.39 Å². The summed E-state index contributed by atoms with van der Waals surface area (Å²) in [4.78, 5) is 23.8. The Bertz CT molecular complexity index is 843. The molecule has 1 amide bonds. The van der Waals surface area contributed by atoms with Crippen LogP contribution in [-0.4, -0.2) is 27.4 Å². The number of halogens is 1. The van der Waals surface area contributed by atoms with E-state index in [2.05, 4.69) is 20.3 Å². The second-order valence-corrected chi connectivity index (χ2v) is 5.23. The molecule has 3 aromatic rings. The summed E-state index contributed by atoms with van der Waals surface area (Å²) < 4.78 is 12.9. The monoisotopic (exact) mass is 313 g/mol. The number of nitrogens with one attached hydrogen (secondary N) is 2. The zero-order valence-electron chi connectivity index (χ0n) is 12.5. The van der Waals surface area contributed by atoms with E-state index >= 15 is 0 Å². The van der Waals surface area contributed by atoms with Crippen molar-refractivity contribution in [3.05, 3.63) is 59.4 Å². The summed E-state index contributed by atoms with van der Waals surface area (Å²) in [5.74, 6) is -0.137. The Hall–Kier alpha value is -2.80. The number of hydrogen-bond acceptors (Lipinski definition) is 4. The molecule has 7 heteroatoms. The van der Waals surface area contributed by atoms with Crippen LogP contribution in [0.25, 0.3) is 11.0 Å². The average molecular weight is 313 g/mol. The van der Waals surface area contributed by atoms with Crippen LogP contribution in [0, 0.1) is 12.7 Å². The molecule has 0 saturated carbocycles. The molecular formula is C16H16FN5O. The fourth-order valence-electron chi connectivity index (χ4n) is 2.34. The van der Waals surface area contributed by atoms with Crippen molar-refractivity contribution < 1.29 is 9.18 Å². The Labute approximate surface area is 131 Å². The number of amides is 1. The number of carbonyl (C=O) groups excluding carboxylic acids is 1. The van der Waals surface area contributed by atoms with E-state index in [1.165, 1.54) is 12.1 Å². The van der Waals surface area contributed by atoms with Crippen LogP contribution in [0.5, 0.6) is 0 Å². The summed E-state index contributed by atoms with van der Waals surface area (Å²) in [6.07, 6.45) is 1.71. The van der Waals surface area contributed by atoms with Gasteiger partial charge in [-0.15, -0.1) is 0 Å². The molecule has 0 fully saturated rings. The molecule has 0 spiro atoms. The van der Waals surface area contributed by atoms with Crippen LogP contribution in [0.2, 0.25) is 0 Å². The van der Waals surface area contributed by atoms with Crippen molar-refractivity contribution in [2.45, 2.75) is 13.0 Å². The minimum atomic E-state index is -0.427. The van der Waals surface area contributed by atoms with Gasteiger partial charge in [0.05, 0.1) is 5.39 Å². The summed E-state index contributed by atoms with van der Waals surface area (Å²) >= 11 is 0. The second-order valence-electron chi connectivity index (χ2n) is 5.23. The predicted molar refractivity (Wildman–Crippen MR) is 84.3 cm³/mol. The Morgan fingerprint density at radius 1 is 1.30 bits per heavy atom. The standard InChI is InChI=1S/C16H16FN5O/c1-9-21-14(12-6-7-19-15(12)22-9)16(23)20-8-13(18)10-2-4-11(17)5-3-10/h2-7,13H,8,18H2,1H3,(H,20,23)(H,19,21,22). The van der Waals surface area contributed by atoms with Crippen LogP contribution >= 0.6 is 0 Å².